The Morgan fingerprint density at radius 2 is 2.08 bits per heavy atom. The number of hydrogen-bond donors (Lipinski definition) is 0. The maximum atomic E-state index is 12.3. The molecule has 0 N–H and O–H groups in total. The highest BCUT2D eigenvalue weighted by atomic mass is 35.5. The maximum Gasteiger partial charge on any atom is 0.410 e. The van der Waals surface area contributed by atoms with E-state index in [1.54, 1.807) is 11.0 Å². The second-order valence-electron chi connectivity index (χ2n) is 6.22. The monoisotopic (exact) mass is 362 g/mol. The summed E-state index contributed by atoms with van der Waals surface area (Å²) in [5.74, 6) is 1.04. The lowest BCUT2D eigenvalue weighted by atomic mass is 10.2. The fourth-order valence-corrected chi connectivity index (χ4v) is 3.10. The van der Waals surface area contributed by atoms with Gasteiger partial charge in [0.05, 0.1) is 6.54 Å². The van der Waals surface area contributed by atoms with Gasteiger partial charge in [-0.2, -0.15) is 0 Å². The minimum atomic E-state index is -0.279. The van der Waals surface area contributed by atoms with Crippen molar-refractivity contribution in [3.63, 3.8) is 0 Å². The third-order valence-corrected chi connectivity index (χ3v) is 4.81. The van der Waals surface area contributed by atoms with Gasteiger partial charge < -0.3 is 14.2 Å². The van der Waals surface area contributed by atoms with Gasteiger partial charge in [-0.15, -0.1) is 0 Å². The van der Waals surface area contributed by atoms with Gasteiger partial charge in [0.1, 0.15) is 12.4 Å². The SMILES string of the molecule is Cn1ccnc1CN1CCCN(C(=O)OCc2ccccc2Cl)CC1. The van der Waals surface area contributed by atoms with E-state index in [1.165, 1.54) is 0 Å². The topological polar surface area (TPSA) is 50.6 Å². The van der Waals surface area contributed by atoms with Crippen LogP contribution in [0.15, 0.2) is 36.7 Å². The largest absolute Gasteiger partial charge is 0.444 e. The summed E-state index contributed by atoms with van der Waals surface area (Å²) < 4.78 is 7.46. The van der Waals surface area contributed by atoms with Crippen LogP contribution in [0.25, 0.3) is 0 Å². The molecular weight excluding hydrogens is 340 g/mol. The zero-order valence-corrected chi connectivity index (χ0v) is 15.2. The number of carbonyl (C=O) groups excluding carboxylic acids is 1. The van der Waals surface area contributed by atoms with Crippen LogP contribution in [0.1, 0.15) is 17.8 Å². The number of nitrogens with zero attached hydrogens (tertiary/aromatic N) is 4. The molecule has 6 nitrogen and oxygen atoms in total. The zero-order chi connectivity index (χ0) is 17.6. The van der Waals surface area contributed by atoms with E-state index in [-0.39, 0.29) is 12.7 Å². The van der Waals surface area contributed by atoms with E-state index < -0.39 is 0 Å². The predicted molar refractivity (Wildman–Crippen MR) is 96.3 cm³/mol. The van der Waals surface area contributed by atoms with Crippen molar-refractivity contribution < 1.29 is 9.53 Å². The number of amides is 1. The Balaban J connectivity index is 1.49. The summed E-state index contributed by atoms with van der Waals surface area (Å²) >= 11 is 6.10. The second-order valence-corrected chi connectivity index (χ2v) is 6.62. The number of imidazole rings is 1. The summed E-state index contributed by atoms with van der Waals surface area (Å²) in [6, 6.07) is 7.41. The molecule has 0 unspecified atom stereocenters. The molecule has 25 heavy (non-hydrogen) atoms. The average Bonchev–Trinajstić information content (AvgIpc) is 2.87. The van der Waals surface area contributed by atoms with E-state index >= 15 is 0 Å². The Hall–Kier alpha value is -2.05. The summed E-state index contributed by atoms with van der Waals surface area (Å²) in [4.78, 5) is 20.8. The molecule has 2 aromatic rings. The molecule has 1 aliphatic heterocycles. The highest BCUT2D eigenvalue weighted by Crippen LogP contribution is 2.16. The Morgan fingerprint density at radius 3 is 2.84 bits per heavy atom. The minimum absolute atomic E-state index is 0.200. The number of benzene rings is 1. The van der Waals surface area contributed by atoms with Gasteiger partial charge in [-0.05, 0) is 12.5 Å². The lowest BCUT2D eigenvalue weighted by Gasteiger charge is -2.21. The predicted octanol–water partition coefficient (Wildman–Crippen LogP) is 2.92. The molecule has 0 spiro atoms. The van der Waals surface area contributed by atoms with Crippen molar-refractivity contribution in [3.05, 3.63) is 53.1 Å². The van der Waals surface area contributed by atoms with Crippen LogP contribution in [0.2, 0.25) is 5.02 Å². The molecule has 1 amide bonds. The normalized spacial score (nSPS) is 15.8. The van der Waals surface area contributed by atoms with Gasteiger partial charge >= 0.3 is 6.09 Å². The minimum Gasteiger partial charge on any atom is -0.444 e. The maximum absolute atomic E-state index is 12.3. The van der Waals surface area contributed by atoms with Gasteiger partial charge in [-0.1, -0.05) is 29.8 Å². The van der Waals surface area contributed by atoms with Crippen LogP contribution in [0, 0.1) is 0 Å². The van der Waals surface area contributed by atoms with E-state index in [2.05, 4.69) is 9.88 Å². The Kier molecular flexibility index (Phi) is 5.94. The van der Waals surface area contributed by atoms with Crippen molar-refractivity contribution in [1.29, 1.82) is 0 Å². The molecule has 1 aliphatic rings. The molecule has 1 aromatic heterocycles. The Morgan fingerprint density at radius 1 is 1.24 bits per heavy atom. The first-order valence-corrected chi connectivity index (χ1v) is 8.85. The van der Waals surface area contributed by atoms with Gasteiger partial charge in [0.2, 0.25) is 0 Å². The molecule has 3 rings (SSSR count). The standard InChI is InChI=1S/C18H23ClN4O2/c1-21-10-7-20-17(21)13-22-8-4-9-23(12-11-22)18(24)25-14-15-5-2-3-6-16(15)19/h2-3,5-7,10H,4,8-9,11-14H2,1H3. The molecule has 1 fully saturated rings. The Labute approximate surface area is 153 Å². The van der Waals surface area contributed by atoms with E-state index in [0.29, 0.717) is 18.1 Å². The molecule has 7 heteroatoms. The van der Waals surface area contributed by atoms with Gasteiger partial charge in [-0.3, -0.25) is 4.90 Å². The zero-order valence-electron chi connectivity index (χ0n) is 14.4. The molecule has 134 valence electrons. The van der Waals surface area contributed by atoms with Gasteiger partial charge in [0.25, 0.3) is 0 Å². The quantitative estimate of drug-likeness (QED) is 0.839. The molecule has 0 aliphatic carbocycles. The molecule has 0 atom stereocenters. The summed E-state index contributed by atoms with van der Waals surface area (Å²) in [6.07, 6.45) is 4.40. The van der Waals surface area contributed by atoms with E-state index in [0.717, 1.165) is 37.4 Å². The van der Waals surface area contributed by atoms with Crippen LogP contribution in [0.5, 0.6) is 0 Å². The molecule has 0 radical (unpaired) electrons. The number of hydrogen-bond acceptors (Lipinski definition) is 4. The van der Waals surface area contributed by atoms with Crippen molar-refractivity contribution in [2.45, 2.75) is 19.6 Å². The summed E-state index contributed by atoms with van der Waals surface area (Å²) in [7, 11) is 2.00. The average molecular weight is 363 g/mol. The number of aryl methyl sites for hydroxylation is 1. The number of ether oxygens (including phenoxy) is 1. The number of rotatable bonds is 4. The molecular formula is C18H23ClN4O2. The molecule has 1 aromatic carbocycles. The van der Waals surface area contributed by atoms with Crippen molar-refractivity contribution >= 4 is 17.7 Å². The van der Waals surface area contributed by atoms with Crippen LogP contribution >= 0.6 is 11.6 Å². The van der Waals surface area contributed by atoms with Crippen molar-refractivity contribution in [3.8, 4) is 0 Å². The fourth-order valence-electron chi connectivity index (χ4n) is 2.91. The van der Waals surface area contributed by atoms with Gasteiger partial charge in [-0.25, -0.2) is 9.78 Å². The van der Waals surface area contributed by atoms with Crippen LogP contribution in [0.3, 0.4) is 0 Å². The summed E-state index contributed by atoms with van der Waals surface area (Å²) in [5.41, 5.74) is 0.823. The first-order chi connectivity index (χ1) is 12.1. The fraction of sp³-hybridized carbons (Fsp3) is 0.444. The van der Waals surface area contributed by atoms with E-state index in [4.69, 9.17) is 16.3 Å². The highest BCUT2D eigenvalue weighted by molar-refractivity contribution is 6.31. The Bertz CT molecular complexity index is 719. The van der Waals surface area contributed by atoms with Crippen LogP contribution in [-0.4, -0.2) is 51.6 Å². The lowest BCUT2D eigenvalue weighted by Crippen LogP contribution is -2.35. The van der Waals surface area contributed by atoms with Gasteiger partial charge in [0, 0.05) is 56.2 Å². The van der Waals surface area contributed by atoms with E-state index in [9.17, 15) is 4.79 Å². The van der Waals surface area contributed by atoms with Crippen LogP contribution in [-0.2, 0) is 24.9 Å². The van der Waals surface area contributed by atoms with Gasteiger partial charge in [0.15, 0.2) is 0 Å². The lowest BCUT2D eigenvalue weighted by molar-refractivity contribution is 0.0972. The van der Waals surface area contributed by atoms with Crippen molar-refractivity contribution in [1.82, 2.24) is 19.4 Å². The summed E-state index contributed by atoms with van der Waals surface area (Å²) in [5, 5.41) is 0.618. The highest BCUT2D eigenvalue weighted by Gasteiger charge is 2.21. The molecule has 0 bridgehead atoms. The first-order valence-electron chi connectivity index (χ1n) is 8.47. The van der Waals surface area contributed by atoms with Crippen LogP contribution < -0.4 is 0 Å². The third kappa shape index (κ3) is 4.74. The van der Waals surface area contributed by atoms with Crippen molar-refractivity contribution in [2.24, 2.45) is 7.05 Å². The van der Waals surface area contributed by atoms with Crippen LogP contribution in [0.4, 0.5) is 4.79 Å². The third-order valence-electron chi connectivity index (χ3n) is 4.44. The smallest absolute Gasteiger partial charge is 0.410 e. The molecule has 1 saturated heterocycles. The second kappa shape index (κ2) is 8.36. The van der Waals surface area contributed by atoms with Crippen molar-refractivity contribution in [2.75, 3.05) is 26.2 Å². The molecule has 0 saturated carbocycles. The number of carbonyl (C=O) groups is 1. The van der Waals surface area contributed by atoms with E-state index in [1.807, 2.05) is 42.2 Å². The molecule has 2 heterocycles. The summed E-state index contributed by atoms with van der Waals surface area (Å²) in [6.45, 7) is 4.12. The number of halogens is 1. The first kappa shape index (κ1) is 17.8. The number of aromatic nitrogens is 2.